The monoisotopic (exact) mass is 275 g/mol. The van der Waals surface area contributed by atoms with Crippen LogP contribution < -0.4 is 10.6 Å². The molecule has 2 heterocycles. The third kappa shape index (κ3) is 4.31. The maximum Gasteiger partial charge on any atom is 0.315 e. The predicted molar refractivity (Wildman–Crippen MR) is 77.2 cm³/mol. The van der Waals surface area contributed by atoms with E-state index in [1.807, 2.05) is 25.3 Å². The van der Waals surface area contributed by atoms with Crippen LogP contribution in [0.5, 0.6) is 0 Å². The van der Waals surface area contributed by atoms with Crippen LogP contribution in [-0.4, -0.2) is 20.7 Å². The van der Waals surface area contributed by atoms with Gasteiger partial charge >= 0.3 is 6.01 Å². The van der Waals surface area contributed by atoms with Crippen LogP contribution >= 0.6 is 0 Å². The van der Waals surface area contributed by atoms with Crippen LogP contribution in [0.25, 0.3) is 0 Å². The Morgan fingerprint density at radius 1 is 1.30 bits per heavy atom. The molecule has 0 aliphatic heterocycles. The lowest BCUT2D eigenvalue weighted by Gasteiger charge is -2.18. The molecule has 0 aliphatic rings. The molecule has 0 saturated carbocycles. The molecule has 6 nitrogen and oxygen atoms in total. The normalized spacial score (nSPS) is 13.2. The molecule has 0 radical (unpaired) electrons. The smallest absolute Gasteiger partial charge is 0.315 e. The molecule has 2 aromatic rings. The third-order valence-electron chi connectivity index (χ3n) is 2.76. The highest BCUT2D eigenvalue weighted by Gasteiger charge is 2.13. The average molecular weight is 275 g/mol. The lowest BCUT2D eigenvalue weighted by Crippen LogP contribution is -2.35. The van der Waals surface area contributed by atoms with Crippen molar-refractivity contribution in [2.75, 3.05) is 5.32 Å². The van der Waals surface area contributed by atoms with E-state index in [9.17, 15) is 0 Å². The SMILES string of the molecule is CC(Nc1nnc(CNC(C)(C)C)o1)c1cccnc1. The van der Waals surface area contributed by atoms with Crippen LogP contribution in [0.15, 0.2) is 28.9 Å². The Bertz CT molecular complexity index is 532. The van der Waals surface area contributed by atoms with E-state index in [1.54, 1.807) is 6.20 Å². The summed E-state index contributed by atoms with van der Waals surface area (Å²) in [5.74, 6) is 0.570. The van der Waals surface area contributed by atoms with Crippen LogP contribution in [0.4, 0.5) is 6.01 Å². The number of hydrogen-bond acceptors (Lipinski definition) is 6. The number of pyridine rings is 1. The van der Waals surface area contributed by atoms with E-state index in [1.165, 1.54) is 0 Å². The van der Waals surface area contributed by atoms with Gasteiger partial charge in [0.2, 0.25) is 5.89 Å². The van der Waals surface area contributed by atoms with E-state index in [0.29, 0.717) is 18.5 Å². The summed E-state index contributed by atoms with van der Waals surface area (Å²) in [7, 11) is 0. The van der Waals surface area contributed by atoms with Gasteiger partial charge in [-0.3, -0.25) is 4.98 Å². The lowest BCUT2D eigenvalue weighted by atomic mass is 10.1. The van der Waals surface area contributed by atoms with Crippen molar-refractivity contribution in [1.82, 2.24) is 20.5 Å². The minimum absolute atomic E-state index is 0.0189. The first-order valence-corrected chi connectivity index (χ1v) is 6.68. The number of hydrogen-bond donors (Lipinski definition) is 2. The van der Waals surface area contributed by atoms with Crippen LogP contribution in [0, 0.1) is 0 Å². The van der Waals surface area contributed by atoms with Crippen molar-refractivity contribution in [2.45, 2.75) is 45.8 Å². The second-order valence-electron chi connectivity index (χ2n) is 5.76. The molecule has 0 saturated heterocycles. The summed E-state index contributed by atoms with van der Waals surface area (Å²) in [4.78, 5) is 4.09. The highest BCUT2D eigenvalue weighted by Crippen LogP contribution is 2.17. The van der Waals surface area contributed by atoms with Gasteiger partial charge in [0.05, 0.1) is 12.6 Å². The van der Waals surface area contributed by atoms with Crippen molar-refractivity contribution in [1.29, 1.82) is 0 Å². The molecule has 1 atom stereocenters. The van der Waals surface area contributed by atoms with Gasteiger partial charge in [-0.25, -0.2) is 0 Å². The molecule has 2 rings (SSSR count). The fourth-order valence-electron chi connectivity index (χ4n) is 1.62. The average Bonchev–Trinajstić information content (AvgIpc) is 2.84. The standard InChI is InChI=1S/C14H21N5O/c1-10(11-6-5-7-15-8-11)17-13-19-18-12(20-13)9-16-14(2,3)4/h5-8,10,16H,9H2,1-4H3,(H,17,19). The molecular formula is C14H21N5O. The van der Waals surface area contributed by atoms with E-state index < -0.39 is 0 Å². The van der Waals surface area contributed by atoms with E-state index in [0.717, 1.165) is 5.56 Å². The Kier molecular flexibility index (Phi) is 4.34. The molecule has 2 aromatic heterocycles. The maximum atomic E-state index is 5.55. The molecule has 6 heteroatoms. The zero-order valence-corrected chi connectivity index (χ0v) is 12.3. The van der Waals surface area contributed by atoms with E-state index >= 15 is 0 Å². The van der Waals surface area contributed by atoms with Gasteiger partial charge in [0, 0.05) is 17.9 Å². The fraction of sp³-hybridized carbons (Fsp3) is 0.500. The van der Waals surface area contributed by atoms with Crippen LogP contribution in [0.3, 0.4) is 0 Å². The molecular weight excluding hydrogens is 254 g/mol. The minimum atomic E-state index is 0.0189. The Morgan fingerprint density at radius 2 is 2.10 bits per heavy atom. The summed E-state index contributed by atoms with van der Waals surface area (Å²) >= 11 is 0. The maximum absolute atomic E-state index is 5.55. The summed E-state index contributed by atoms with van der Waals surface area (Å²) in [5, 5.41) is 14.5. The zero-order valence-electron chi connectivity index (χ0n) is 12.3. The Morgan fingerprint density at radius 3 is 2.75 bits per heavy atom. The molecule has 0 amide bonds. The van der Waals surface area contributed by atoms with Gasteiger partial charge in [0.1, 0.15) is 0 Å². The van der Waals surface area contributed by atoms with E-state index in [-0.39, 0.29) is 11.6 Å². The lowest BCUT2D eigenvalue weighted by molar-refractivity contribution is 0.383. The molecule has 108 valence electrons. The second-order valence-corrected chi connectivity index (χ2v) is 5.76. The van der Waals surface area contributed by atoms with Crippen molar-refractivity contribution < 1.29 is 4.42 Å². The highest BCUT2D eigenvalue weighted by atomic mass is 16.4. The van der Waals surface area contributed by atoms with Crippen LogP contribution in [-0.2, 0) is 6.54 Å². The zero-order chi connectivity index (χ0) is 14.6. The predicted octanol–water partition coefficient (Wildman–Crippen LogP) is 2.53. The van der Waals surface area contributed by atoms with Crippen molar-refractivity contribution in [3.63, 3.8) is 0 Å². The number of aromatic nitrogens is 3. The summed E-state index contributed by atoms with van der Waals surface area (Å²) < 4.78 is 5.55. The summed E-state index contributed by atoms with van der Waals surface area (Å²) in [5.41, 5.74) is 1.09. The van der Waals surface area contributed by atoms with Gasteiger partial charge in [-0.1, -0.05) is 11.2 Å². The van der Waals surface area contributed by atoms with E-state index in [4.69, 9.17) is 4.42 Å². The van der Waals surface area contributed by atoms with Gasteiger partial charge in [-0.05, 0) is 39.3 Å². The second kappa shape index (κ2) is 6.00. The summed E-state index contributed by atoms with van der Waals surface area (Å²) in [6.45, 7) is 8.85. The first-order valence-electron chi connectivity index (χ1n) is 6.68. The quantitative estimate of drug-likeness (QED) is 0.873. The molecule has 2 N–H and O–H groups in total. The Labute approximate surface area is 119 Å². The van der Waals surface area contributed by atoms with Crippen molar-refractivity contribution in [3.05, 3.63) is 36.0 Å². The topological polar surface area (TPSA) is 75.9 Å². The summed E-state index contributed by atoms with van der Waals surface area (Å²) in [6, 6.07) is 4.39. The van der Waals surface area contributed by atoms with E-state index in [2.05, 4.69) is 46.6 Å². The van der Waals surface area contributed by atoms with Crippen LogP contribution in [0.2, 0.25) is 0 Å². The van der Waals surface area contributed by atoms with Crippen molar-refractivity contribution >= 4 is 6.01 Å². The fourth-order valence-corrected chi connectivity index (χ4v) is 1.62. The minimum Gasteiger partial charge on any atom is -0.407 e. The largest absolute Gasteiger partial charge is 0.407 e. The van der Waals surface area contributed by atoms with Gasteiger partial charge in [0.25, 0.3) is 0 Å². The number of anilines is 1. The molecule has 20 heavy (non-hydrogen) atoms. The highest BCUT2D eigenvalue weighted by molar-refractivity contribution is 5.26. The van der Waals surface area contributed by atoms with Crippen molar-refractivity contribution in [2.24, 2.45) is 0 Å². The first kappa shape index (κ1) is 14.5. The molecule has 1 unspecified atom stereocenters. The number of nitrogens with one attached hydrogen (secondary N) is 2. The molecule has 0 aliphatic carbocycles. The van der Waals surface area contributed by atoms with Gasteiger partial charge in [-0.2, -0.15) is 0 Å². The Hall–Kier alpha value is -1.95. The van der Waals surface area contributed by atoms with Gasteiger partial charge < -0.3 is 15.1 Å². The molecule has 0 bridgehead atoms. The first-order chi connectivity index (χ1) is 9.44. The van der Waals surface area contributed by atoms with Gasteiger partial charge in [-0.15, -0.1) is 5.10 Å². The summed E-state index contributed by atoms with van der Waals surface area (Å²) in [6.07, 6.45) is 3.56. The van der Waals surface area contributed by atoms with Crippen molar-refractivity contribution in [3.8, 4) is 0 Å². The number of rotatable bonds is 5. The molecule has 0 spiro atoms. The number of nitrogens with zero attached hydrogens (tertiary/aromatic N) is 3. The molecule has 0 fully saturated rings. The van der Waals surface area contributed by atoms with Gasteiger partial charge in [0.15, 0.2) is 0 Å². The third-order valence-corrected chi connectivity index (χ3v) is 2.76. The Balaban J connectivity index is 1.93. The molecule has 0 aromatic carbocycles. The van der Waals surface area contributed by atoms with Crippen LogP contribution in [0.1, 0.15) is 45.2 Å².